The first kappa shape index (κ1) is 25.1. The molecule has 1 N–H and O–H groups in total. The third kappa shape index (κ3) is 5.72. The number of benzene rings is 2. The van der Waals surface area contributed by atoms with Crippen molar-refractivity contribution in [2.45, 2.75) is 25.1 Å². The summed E-state index contributed by atoms with van der Waals surface area (Å²) in [6.45, 7) is 0.290. The van der Waals surface area contributed by atoms with Gasteiger partial charge in [-0.3, -0.25) is 14.6 Å². The number of carbonyl (C=O) groups excluding carboxylic acids is 2. The van der Waals surface area contributed by atoms with Crippen LogP contribution in [-0.2, 0) is 22.2 Å². The molecule has 4 aromatic rings. The van der Waals surface area contributed by atoms with Gasteiger partial charge in [0.2, 0.25) is 17.7 Å². The summed E-state index contributed by atoms with van der Waals surface area (Å²) in [5.74, 6) is -0.456. The van der Waals surface area contributed by atoms with Gasteiger partial charge < -0.3 is 15.0 Å². The lowest BCUT2D eigenvalue weighted by atomic mass is 10.1. The Labute approximate surface area is 214 Å². The van der Waals surface area contributed by atoms with Gasteiger partial charge in [0.05, 0.1) is 29.2 Å². The summed E-state index contributed by atoms with van der Waals surface area (Å²) in [5.41, 5.74) is 0.824. The predicted molar refractivity (Wildman–Crippen MR) is 130 cm³/mol. The van der Waals surface area contributed by atoms with E-state index in [1.807, 2.05) is 0 Å². The van der Waals surface area contributed by atoms with E-state index < -0.39 is 17.6 Å². The van der Waals surface area contributed by atoms with Gasteiger partial charge in [0, 0.05) is 36.3 Å². The second kappa shape index (κ2) is 10.1. The fraction of sp³-hybridized carbons (Fsp3) is 0.185. The van der Waals surface area contributed by atoms with E-state index in [0.717, 1.165) is 12.1 Å². The minimum Gasteiger partial charge on any atom is -0.439 e. The zero-order chi connectivity index (χ0) is 26.9. The van der Waals surface area contributed by atoms with Crippen molar-refractivity contribution in [3.05, 3.63) is 90.0 Å². The van der Waals surface area contributed by atoms with Crippen LogP contribution in [0.25, 0.3) is 10.9 Å². The van der Waals surface area contributed by atoms with Crippen LogP contribution in [0, 0.1) is 5.82 Å². The summed E-state index contributed by atoms with van der Waals surface area (Å²) in [5, 5.41) is 3.56. The van der Waals surface area contributed by atoms with Crippen molar-refractivity contribution < 1.29 is 31.9 Å². The number of anilines is 1. The molecule has 2 aromatic carbocycles. The Hall–Kier alpha value is -4.54. The third-order valence-corrected chi connectivity index (χ3v) is 5.97. The number of amides is 2. The maximum Gasteiger partial charge on any atom is 0.417 e. The minimum absolute atomic E-state index is 0.00487. The van der Waals surface area contributed by atoms with Crippen LogP contribution >= 0.6 is 0 Å². The standard InChI is InChI=1S/C27H20F4N4O3/c28-18-3-6-21(7-4-18)35-15-20(13-26(35)37)34-24(36)12-19-5-1-16-11-22(8-9-23(16)33-19)38-25-10-2-17(14-32-25)27(29,30)31/h1-11,14,20H,12-13,15H2,(H,34,36). The molecule has 38 heavy (non-hydrogen) atoms. The second-order valence-electron chi connectivity index (χ2n) is 8.77. The molecule has 1 fully saturated rings. The van der Waals surface area contributed by atoms with Crippen LogP contribution in [0.3, 0.4) is 0 Å². The average molecular weight is 524 g/mol. The van der Waals surface area contributed by atoms with E-state index in [-0.39, 0.29) is 43.1 Å². The van der Waals surface area contributed by atoms with Gasteiger partial charge in [-0.05, 0) is 54.6 Å². The molecule has 0 spiro atoms. The maximum absolute atomic E-state index is 13.2. The Morgan fingerprint density at radius 1 is 1.05 bits per heavy atom. The molecule has 3 heterocycles. The first-order valence-corrected chi connectivity index (χ1v) is 11.6. The van der Waals surface area contributed by atoms with Gasteiger partial charge in [-0.25, -0.2) is 9.37 Å². The summed E-state index contributed by atoms with van der Waals surface area (Å²) in [6, 6.07) is 15.6. The van der Waals surface area contributed by atoms with Crippen LogP contribution in [0.4, 0.5) is 23.2 Å². The number of pyridine rings is 2. The van der Waals surface area contributed by atoms with Gasteiger partial charge >= 0.3 is 6.18 Å². The van der Waals surface area contributed by atoms with Crippen molar-refractivity contribution in [3.8, 4) is 11.6 Å². The summed E-state index contributed by atoms with van der Waals surface area (Å²) in [4.78, 5) is 34.7. The first-order valence-electron chi connectivity index (χ1n) is 11.6. The molecule has 2 amide bonds. The molecule has 0 bridgehead atoms. The highest BCUT2D eigenvalue weighted by Gasteiger charge is 2.32. The average Bonchev–Trinajstić information content (AvgIpc) is 3.23. The van der Waals surface area contributed by atoms with Crippen LogP contribution in [0.2, 0.25) is 0 Å². The van der Waals surface area contributed by atoms with E-state index in [1.54, 1.807) is 30.3 Å². The van der Waals surface area contributed by atoms with Crippen LogP contribution in [0.15, 0.2) is 72.9 Å². The largest absolute Gasteiger partial charge is 0.439 e. The Bertz CT molecular complexity index is 1490. The Morgan fingerprint density at radius 3 is 2.55 bits per heavy atom. The van der Waals surface area contributed by atoms with Crippen molar-refractivity contribution in [2.75, 3.05) is 11.4 Å². The number of alkyl halides is 3. The Balaban J connectivity index is 1.19. The van der Waals surface area contributed by atoms with Crippen molar-refractivity contribution in [3.63, 3.8) is 0 Å². The molecule has 0 saturated carbocycles. The summed E-state index contributed by atoms with van der Waals surface area (Å²) < 4.78 is 56.8. The van der Waals surface area contributed by atoms with Crippen molar-refractivity contribution >= 4 is 28.4 Å². The molecule has 0 aliphatic carbocycles. The smallest absolute Gasteiger partial charge is 0.417 e. The van der Waals surface area contributed by atoms with E-state index >= 15 is 0 Å². The number of carbonyl (C=O) groups is 2. The molecule has 1 unspecified atom stereocenters. The fourth-order valence-electron chi connectivity index (χ4n) is 4.15. The molecular weight excluding hydrogens is 504 g/mol. The van der Waals surface area contributed by atoms with Gasteiger partial charge in [-0.1, -0.05) is 6.07 Å². The molecule has 1 aliphatic rings. The maximum atomic E-state index is 13.2. The molecule has 11 heteroatoms. The van der Waals surface area contributed by atoms with Gasteiger partial charge in [0.25, 0.3) is 0 Å². The highest BCUT2D eigenvalue weighted by molar-refractivity contribution is 5.97. The minimum atomic E-state index is -4.48. The van der Waals surface area contributed by atoms with Crippen LogP contribution in [-0.4, -0.2) is 34.4 Å². The van der Waals surface area contributed by atoms with Crippen molar-refractivity contribution in [2.24, 2.45) is 0 Å². The predicted octanol–water partition coefficient (Wildman–Crippen LogP) is 5.04. The molecule has 1 aliphatic heterocycles. The molecule has 7 nitrogen and oxygen atoms in total. The Morgan fingerprint density at radius 2 is 1.84 bits per heavy atom. The number of nitrogens with zero attached hydrogens (tertiary/aromatic N) is 3. The van der Waals surface area contributed by atoms with Gasteiger partial charge in [-0.2, -0.15) is 13.2 Å². The molecule has 2 aromatic heterocycles. The van der Waals surface area contributed by atoms with E-state index in [0.29, 0.717) is 34.2 Å². The molecular formula is C27H20F4N4O3. The van der Waals surface area contributed by atoms with Gasteiger partial charge in [0.1, 0.15) is 11.6 Å². The fourth-order valence-corrected chi connectivity index (χ4v) is 4.15. The van der Waals surface area contributed by atoms with Crippen LogP contribution < -0.4 is 15.0 Å². The number of halogens is 4. The SMILES string of the molecule is O=C(Cc1ccc2cc(Oc3ccc(C(F)(F)F)cn3)ccc2n1)NC1CC(=O)N(c2ccc(F)cc2)C1. The number of hydrogen-bond donors (Lipinski definition) is 1. The lowest BCUT2D eigenvalue weighted by Crippen LogP contribution is -2.38. The molecule has 1 saturated heterocycles. The summed E-state index contributed by atoms with van der Waals surface area (Å²) in [6.07, 6.45) is -3.62. The molecule has 0 radical (unpaired) electrons. The zero-order valence-corrected chi connectivity index (χ0v) is 19.7. The van der Waals surface area contributed by atoms with Crippen LogP contribution in [0.5, 0.6) is 11.6 Å². The van der Waals surface area contributed by atoms with Gasteiger partial charge in [-0.15, -0.1) is 0 Å². The Kier molecular flexibility index (Phi) is 6.66. The highest BCUT2D eigenvalue weighted by atomic mass is 19.4. The van der Waals surface area contributed by atoms with Gasteiger partial charge in [0.15, 0.2) is 0 Å². The van der Waals surface area contributed by atoms with Crippen LogP contribution in [0.1, 0.15) is 17.7 Å². The number of nitrogens with one attached hydrogen (secondary N) is 1. The molecule has 5 rings (SSSR count). The van der Waals surface area contributed by atoms with E-state index in [4.69, 9.17) is 4.74 Å². The zero-order valence-electron chi connectivity index (χ0n) is 19.7. The lowest BCUT2D eigenvalue weighted by molar-refractivity contribution is -0.137. The monoisotopic (exact) mass is 524 g/mol. The van der Waals surface area contributed by atoms with E-state index in [9.17, 15) is 27.2 Å². The number of rotatable bonds is 6. The summed E-state index contributed by atoms with van der Waals surface area (Å²) in [7, 11) is 0. The number of fused-ring (bicyclic) bond motifs is 1. The van der Waals surface area contributed by atoms with Crippen molar-refractivity contribution in [1.29, 1.82) is 0 Å². The second-order valence-corrected chi connectivity index (χ2v) is 8.77. The third-order valence-electron chi connectivity index (χ3n) is 5.97. The normalized spacial score (nSPS) is 15.6. The summed E-state index contributed by atoms with van der Waals surface area (Å²) >= 11 is 0. The quantitative estimate of drug-likeness (QED) is 0.357. The van der Waals surface area contributed by atoms with E-state index in [1.165, 1.54) is 29.2 Å². The molecule has 1 atom stereocenters. The topological polar surface area (TPSA) is 84.4 Å². The highest BCUT2D eigenvalue weighted by Crippen LogP contribution is 2.30. The van der Waals surface area contributed by atoms with E-state index in [2.05, 4.69) is 15.3 Å². The lowest BCUT2D eigenvalue weighted by Gasteiger charge is -2.17. The first-order chi connectivity index (χ1) is 18.1. The number of hydrogen-bond acceptors (Lipinski definition) is 5. The molecule has 194 valence electrons. The number of aromatic nitrogens is 2. The number of ether oxygens (including phenoxy) is 1. The van der Waals surface area contributed by atoms with Crippen molar-refractivity contribution in [1.82, 2.24) is 15.3 Å².